The van der Waals surface area contributed by atoms with Crippen LogP contribution in [0.5, 0.6) is 0 Å². The first-order valence-electron chi connectivity index (χ1n) is 5.89. The van der Waals surface area contributed by atoms with E-state index >= 15 is 0 Å². The van der Waals surface area contributed by atoms with Gasteiger partial charge in [0.2, 0.25) is 0 Å². The maximum absolute atomic E-state index is 9.06. The molecule has 2 aromatic rings. The highest BCUT2D eigenvalue weighted by Gasteiger charge is 2.37. The molecule has 0 saturated carbocycles. The minimum atomic E-state index is -0.100. The predicted molar refractivity (Wildman–Crippen MR) is 73.7 cm³/mol. The Morgan fingerprint density at radius 1 is 1.11 bits per heavy atom. The summed E-state index contributed by atoms with van der Waals surface area (Å²) in [6.45, 7) is 4.35. The largest absolute Gasteiger partial charge is 0.192 e. The highest BCUT2D eigenvalue weighted by Crippen LogP contribution is 2.51. The van der Waals surface area contributed by atoms with E-state index in [1.807, 2.05) is 18.2 Å². The number of rotatable bonds is 0. The second kappa shape index (κ2) is 3.60. The van der Waals surface area contributed by atoms with Crippen molar-refractivity contribution in [3.63, 3.8) is 0 Å². The van der Waals surface area contributed by atoms with Gasteiger partial charge in [-0.3, -0.25) is 0 Å². The maximum atomic E-state index is 9.06. The van der Waals surface area contributed by atoms with Crippen molar-refractivity contribution in [2.24, 2.45) is 0 Å². The molecule has 3 rings (SSSR count). The number of halogens is 1. The van der Waals surface area contributed by atoms with Crippen LogP contribution in [0.3, 0.4) is 0 Å². The number of hydrogen-bond acceptors (Lipinski definition) is 1. The van der Waals surface area contributed by atoms with E-state index in [1.54, 1.807) is 6.07 Å². The number of fused-ring (bicyclic) bond motifs is 3. The molecule has 0 saturated heterocycles. The summed E-state index contributed by atoms with van der Waals surface area (Å²) in [6.07, 6.45) is 0. The molecule has 0 spiro atoms. The van der Waals surface area contributed by atoms with Crippen LogP contribution >= 0.6 is 11.6 Å². The summed E-state index contributed by atoms with van der Waals surface area (Å²) in [5, 5.41) is 9.75. The summed E-state index contributed by atoms with van der Waals surface area (Å²) in [7, 11) is 0. The molecule has 0 unspecified atom stereocenters. The van der Waals surface area contributed by atoms with Crippen molar-refractivity contribution >= 4 is 11.6 Å². The molecular formula is C16H12ClN. The molecule has 0 aromatic heterocycles. The van der Waals surface area contributed by atoms with Crippen LogP contribution < -0.4 is 0 Å². The van der Waals surface area contributed by atoms with E-state index in [4.69, 9.17) is 16.9 Å². The molecular weight excluding hydrogens is 242 g/mol. The van der Waals surface area contributed by atoms with Gasteiger partial charge in [-0.05, 0) is 34.4 Å². The molecule has 1 aliphatic rings. The second-order valence-electron chi connectivity index (χ2n) is 5.16. The van der Waals surface area contributed by atoms with Gasteiger partial charge in [0, 0.05) is 10.4 Å². The Balaban J connectivity index is 2.43. The molecule has 2 aromatic carbocycles. The molecule has 0 aliphatic heterocycles. The van der Waals surface area contributed by atoms with Gasteiger partial charge in [-0.15, -0.1) is 0 Å². The van der Waals surface area contributed by atoms with Gasteiger partial charge in [0.1, 0.15) is 0 Å². The second-order valence-corrected chi connectivity index (χ2v) is 5.57. The Morgan fingerprint density at radius 3 is 2.56 bits per heavy atom. The minimum Gasteiger partial charge on any atom is -0.192 e. The van der Waals surface area contributed by atoms with E-state index in [9.17, 15) is 0 Å². The van der Waals surface area contributed by atoms with Crippen molar-refractivity contribution in [1.29, 1.82) is 5.26 Å². The molecule has 0 bridgehead atoms. The zero-order valence-electron chi connectivity index (χ0n) is 10.3. The highest BCUT2D eigenvalue weighted by atomic mass is 35.5. The molecule has 18 heavy (non-hydrogen) atoms. The lowest BCUT2D eigenvalue weighted by Gasteiger charge is -2.22. The SMILES string of the molecule is CC1(C)c2ccccc2-c2cc(C#N)cc(Cl)c21. The van der Waals surface area contributed by atoms with Crippen molar-refractivity contribution in [2.45, 2.75) is 19.3 Å². The summed E-state index contributed by atoms with van der Waals surface area (Å²) in [6, 6.07) is 14.2. The number of nitrogens with zero attached hydrogens (tertiary/aromatic N) is 1. The zero-order chi connectivity index (χ0) is 12.9. The first-order chi connectivity index (χ1) is 8.55. The summed E-state index contributed by atoms with van der Waals surface area (Å²) in [5.74, 6) is 0. The molecule has 0 atom stereocenters. The molecule has 0 heterocycles. The van der Waals surface area contributed by atoms with Crippen LogP contribution in [0.1, 0.15) is 30.5 Å². The lowest BCUT2D eigenvalue weighted by atomic mass is 9.82. The molecule has 0 amide bonds. The van der Waals surface area contributed by atoms with Crippen LogP contribution in [0.4, 0.5) is 0 Å². The van der Waals surface area contributed by atoms with Gasteiger partial charge in [0.25, 0.3) is 0 Å². The summed E-state index contributed by atoms with van der Waals surface area (Å²) in [4.78, 5) is 0. The number of benzene rings is 2. The lowest BCUT2D eigenvalue weighted by molar-refractivity contribution is 0.660. The monoisotopic (exact) mass is 253 g/mol. The third kappa shape index (κ3) is 1.33. The van der Waals surface area contributed by atoms with E-state index in [2.05, 4.69) is 32.0 Å². The Morgan fingerprint density at radius 2 is 1.83 bits per heavy atom. The molecule has 0 N–H and O–H groups in total. The first kappa shape index (κ1) is 11.3. The summed E-state index contributed by atoms with van der Waals surface area (Å²) < 4.78 is 0. The van der Waals surface area contributed by atoms with Crippen molar-refractivity contribution in [3.8, 4) is 17.2 Å². The van der Waals surface area contributed by atoms with Crippen molar-refractivity contribution in [2.75, 3.05) is 0 Å². The van der Waals surface area contributed by atoms with Crippen molar-refractivity contribution in [3.05, 3.63) is 58.1 Å². The molecule has 1 nitrogen and oxygen atoms in total. The average Bonchev–Trinajstić information content (AvgIpc) is 2.59. The molecule has 1 aliphatic carbocycles. The molecule has 2 heteroatoms. The predicted octanol–water partition coefficient (Wildman–Crippen LogP) is 4.52. The normalized spacial score (nSPS) is 14.8. The van der Waals surface area contributed by atoms with Crippen molar-refractivity contribution in [1.82, 2.24) is 0 Å². The van der Waals surface area contributed by atoms with Gasteiger partial charge >= 0.3 is 0 Å². The Hall–Kier alpha value is -1.78. The Kier molecular flexibility index (Phi) is 2.27. The molecule has 0 fully saturated rings. The maximum Gasteiger partial charge on any atom is 0.0992 e. The highest BCUT2D eigenvalue weighted by molar-refractivity contribution is 6.32. The summed E-state index contributed by atoms with van der Waals surface area (Å²) in [5.41, 5.74) is 5.21. The van der Waals surface area contributed by atoms with Crippen LogP contribution in [0.2, 0.25) is 5.02 Å². The topological polar surface area (TPSA) is 23.8 Å². The van der Waals surface area contributed by atoms with Crippen LogP contribution in [0.15, 0.2) is 36.4 Å². The van der Waals surface area contributed by atoms with Gasteiger partial charge < -0.3 is 0 Å². The van der Waals surface area contributed by atoms with Crippen LogP contribution in [0, 0.1) is 11.3 Å². The summed E-state index contributed by atoms with van der Waals surface area (Å²) >= 11 is 6.38. The van der Waals surface area contributed by atoms with Crippen LogP contribution in [-0.2, 0) is 5.41 Å². The van der Waals surface area contributed by atoms with Crippen LogP contribution in [-0.4, -0.2) is 0 Å². The number of nitriles is 1. The smallest absolute Gasteiger partial charge is 0.0992 e. The zero-order valence-corrected chi connectivity index (χ0v) is 11.0. The van der Waals surface area contributed by atoms with Gasteiger partial charge in [0.15, 0.2) is 0 Å². The minimum absolute atomic E-state index is 0.100. The Bertz CT molecular complexity index is 693. The third-order valence-corrected chi connectivity index (χ3v) is 4.03. The van der Waals surface area contributed by atoms with Gasteiger partial charge in [-0.2, -0.15) is 5.26 Å². The quantitative estimate of drug-likeness (QED) is 0.677. The van der Waals surface area contributed by atoms with Gasteiger partial charge in [-0.25, -0.2) is 0 Å². The average molecular weight is 254 g/mol. The molecule has 0 radical (unpaired) electrons. The van der Waals surface area contributed by atoms with Gasteiger partial charge in [-0.1, -0.05) is 49.7 Å². The fourth-order valence-electron chi connectivity index (χ4n) is 2.92. The Labute approximate surface area is 112 Å². The van der Waals surface area contributed by atoms with E-state index in [0.29, 0.717) is 10.6 Å². The van der Waals surface area contributed by atoms with E-state index in [-0.39, 0.29) is 5.41 Å². The van der Waals surface area contributed by atoms with E-state index in [1.165, 1.54) is 11.1 Å². The fraction of sp³-hybridized carbons (Fsp3) is 0.188. The lowest BCUT2D eigenvalue weighted by Crippen LogP contribution is -2.15. The van der Waals surface area contributed by atoms with E-state index < -0.39 is 0 Å². The standard InChI is InChI=1S/C16H12ClN/c1-16(2)13-6-4-3-5-11(13)12-7-10(9-18)8-14(17)15(12)16/h3-8H,1-2H3. The molecule has 88 valence electrons. The first-order valence-corrected chi connectivity index (χ1v) is 6.27. The van der Waals surface area contributed by atoms with Gasteiger partial charge in [0.05, 0.1) is 11.6 Å². The third-order valence-electron chi connectivity index (χ3n) is 3.73. The fourth-order valence-corrected chi connectivity index (χ4v) is 3.37. The van der Waals surface area contributed by atoms with Crippen LogP contribution in [0.25, 0.3) is 11.1 Å². The van der Waals surface area contributed by atoms with Crippen molar-refractivity contribution < 1.29 is 0 Å². The number of hydrogen-bond donors (Lipinski definition) is 0. The van der Waals surface area contributed by atoms with E-state index in [0.717, 1.165) is 11.1 Å².